The summed E-state index contributed by atoms with van der Waals surface area (Å²) in [5.41, 5.74) is 0.780. The van der Waals surface area contributed by atoms with Crippen molar-refractivity contribution in [1.29, 1.82) is 0 Å². The van der Waals surface area contributed by atoms with Crippen LogP contribution in [0.5, 0.6) is 0 Å². The van der Waals surface area contributed by atoms with Gasteiger partial charge in [-0.15, -0.1) is 0 Å². The number of aliphatic hydroxyl groups is 1. The second-order valence-electron chi connectivity index (χ2n) is 2.30. The van der Waals surface area contributed by atoms with Gasteiger partial charge in [-0.2, -0.15) is 0 Å². The molecular weight excluding hydrogens is 221 g/mol. The van der Waals surface area contributed by atoms with E-state index in [-0.39, 0.29) is 6.42 Å². The van der Waals surface area contributed by atoms with Gasteiger partial charge in [0.15, 0.2) is 0 Å². The number of pyridine rings is 1. The Bertz CT molecular complexity index is 370. The Morgan fingerprint density at radius 3 is 2.24 bits per heavy atom. The smallest absolute Gasteiger partial charge is 0.307 e. The fourth-order valence-electron chi connectivity index (χ4n) is 0.702. The Balaban J connectivity index is 0. The zero-order valence-corrected chi connectivity index (χ0v) is 9.75. The number of aliphatic carboxylic acids is 1. The van der Waals surface area contributed by atoms with Gasteiger partial charge in [0.1, 0.15) is 0 Å². The number of carbonyl (C=O) groups is 1. The van der Waals surface area contributed by atoms with Gasteiger partial charge in [0.25, 0.3) is 0 Å². The van der Waals surface area contributed by atoms with Crippen LogP contribution in [-0.2, 0) is 15.9 Å². The molecule has 0 amide bonds. The Morgan fingerprint density at radius 1 is 1.41 bits per heavy atom. The van der Waals surface area contributed by atoms with E-state index in [4.69, 9.17) is 14.9 Å². The molecule has 5 nitrogen and oxygen atoms in total. The largest absolute Gasteiger partial charge is 0.481 e. The summed E-state index contributed by atoms with van der Waals surface area (Å²) in [6, 6.07) is 3.38. The van der Waals surface area contributed by atoms with Gasteiger partial charge in [0, 0.05) is 12.4 Å². The van der Waals surface area contributed by atoms with Crippen LogP contribution in [0.15, 0.2) is 24.5 Å². The molecule has 1 aromatic rings. The first kappa shape index (κ1) is 17.2. The first-order chi connectivity index (χ1) is 8.20. The van der Waals surface area contributed by atoms with Gasteiger partial charge in [-0.25, -0.2) is 0 Å². The SMILES string of the molecule is CC.O=BC#CO.O=C(O)Cc1ccncc1. The van der Waals surface area contributed by atoms with E-state index in [0.717, 1.165) is 5.56 Å². The summed E-state index contributed by atoms with van der Waals surface area (Å²) in [4.78, 5) is 13.9. The number of hydrogen-bond acceptors (Lipinski definition) is 4. The standard InChI is InChI=1S/C7H7NO2.C2HBO2.C2H6/c9-7(10)5-6-1-3-8-4-2-6;4-2-1-3-5;1-2/h1-4H,5H2,(H,9,10);4H;1-2H3. The minimum absolute atomic E-state index is 0.0719. The van der Waals surface area contributed by atoms with Gasteiger partial charge in [-0.05, 0) is 17.7 Å². The minimum Gasteiger partial charge on any atom is -0.481 e. The topological polar surface area (TPSA) is 87.5 Å². The van der Waals surface area contributed by atoms with Gasteiger partial charge >= 0.3 is 34.9 Å². The average Bonchev–Trinajstić information content (AvgIpc) is 2.34. The second-order valence-corrected chi connectivity index (χ2v) is 2.30. The van der Waals surface area contributed by atoms with Crippen LogP contribution in [0.25, 0.3) is 0 Å². The number of aromatic nitrogens is 1. The molecule has 0 aromatic carbocycles. The van der Waals surface area contributed by atoms with Crippen molar-refractivity contribution < 1.29 is 19.7 Å². The summed E-state index contributed by atoms with van der Waals surface area (Å²) < 4.78 is 9.07. The normalized spacial score (nSPS) is 6.71. The molecule has 0 aliphatic heterocycles. The molecule has 0 saturated carbocycles. The van der Waals surface area contributed by atoms with Crippen LogP contribution in [0.4, 0.5) is 0 Å². The van der Waals surface area contributed by atoms with Crippen LogP contribution >= 0.6 is 0 Å². The predicted octanol–water partition coefficient (Wildman–Crippen LogP) is 1.06. The maximum Gasteiger partial charge on any atom is 0.307 e. The average molecular weight is 235 g/mol. The molecule has 2 N–H and O–H groups in total. The number of aliphatic hydroxyl groups excluding tert-OH is 1. The first-order valence-electron chi connectivity index (χ1n) is 4.89. The molecule has 0 atom stereocenters. The molecule has 1 heterocycles. The van der Waals surface area contributed by atoms with Crippen molar-refractivity contribution in [2.75, 3.05) is 0 Å². The van der Waals surface area contributed by atoms with Gasteiger partial charge in [-0.1, -0.05) is 13.8 Å². The maximum absolute atomic E-state index is 10.1. The molecule has 1 aromatic heterocycles. The van der Waals surface area contributed by atoms with E-state index < -0.39 is 5.97 Å². The van der Waals surface area contributed by atoms with Crippen molar-refractivity contribution in [2.45, 2.75) is 20.3 Å². The van der Waals surface area contributed by atoms with E-state index in [1.165, 1.54) is 6.11 Å². The van der Waals surface area contributed by atoms with Gasteiger partial charge in [0.05, 0.1) is 6.42 Å². The van der Waals surface area contributed by atoms with Crippen molar-refractivity contribution in [1.82, 2.24) is 4.98 Å². The fraction of sp³-hybridized carbons (Fsp3) is 0.273. The van der Waals surface area contributed by atoms with E-state index in [1.54, 1.807) is 30.3 Å². The Hall–Kier alpha value is -2.16. The van der Waals surface area contributed by atoms with Crippen molar-refractivity contribution in [2.24, 2.45) is 0 Å². The molecule has 90 valence electrons. The minimum atomic E-state index is -0.814. The zero-order valence-electron chi connectivity index (χ0n) is 9.75. The van der Waals surface area contributed by atoms with Crippen molar-refractivity contribution in [3.8, 4) is 11.9 Å². The molecule has 0 aliphatic carbocycles. The van der Waals surface area contributed by atoms with Crippen molar-refractivity contribution in [3.63, 3.8) is 0 Å². The van der Waals surface area contributed by atoms with Gasteiger partial charge in [0.2, 0.25) is 0 Å². The molecule has 0 aliphatic rings. The number of hydrogen-bond donors (Lipinski definition) is 2. The summed E-state index contributed by atoms with van der Waals surface area (Å²) in [5, 5.41) is 15.8. The third kappa shape index (κ3) is 13.8. The molecule has 0 unspecified atom stereocenters. The molecule has 0 fully saturated rings. The van der Waals surface area contributed by atoms with Crippen LogP contribution in [0, 0.1) is 11.9 Å². The summed E-state index contributed by atoms with van der Waals surface area (Å²) in [6.45, 7) is 4.00. The van der Waals surface area contributed by atoms with Crippen molar-refractivity contribution in [3.05, 3.63) is 30.1 Å². The quantitative estimate of drug-likeness (QED) is 0.591. The van der Waals surface area contributed by atoms with E-state index in [2.05, 4.69) is 4.98 Å². The molecule has 17 heavy (non-hydrogen) atoms. The first-order valence-corrected chi connectivity index (χ1v) is 4.89. The van der Waals surface area contributed by atoms with Gasteiger partial charge < -0.3 is 5.11 Å². The molecule has 6 heteroatoms. The van der Waals surface area contributed by atoms with E-state index in [9.17, 15) is 4.79 Å². The summed E-state index contributed by atoms with van der Waals surface area (Å²) in [7, 11) is 0.319. The van der Waals surface area contributed by atoms with Crippen LogP contribution in [0.2, 0.25) is 0 Å². The van der Waals surface area contributed by atoms with Gasteiger partial charge in [-0.3, -0.25) is 9.78 Å². The zero-order chi connectivity index (χ0) is 13.5. The number of carboxylic acid groups (broad SMARTS) is 1. The number of nitrogens with zero attached hydrogens (tertiary/aromatic N) is 1. The molecule has 0 saturated heterocycles. The van der Waals surface area contributed by atoms with Crippen LogP contribution < -0.4 is 0 Å². The summed E-state index contributed by atoms with van der Waals surface area (Å²) >= 11 is 0. The van der Waals surface area contributed by atoms with Crippen molar-refractivity contribution >= 4 is 13.1 Å². The van der Waals surface area contributed by atoms with E-state index in [1.807, 2.05) is 13.8 Å². The Labute approximate surface area is 101 Å². The van der Waals surface area contributed by atoms with E-state index in [0.29, 0.717) is 7.15 Å². The maximum atomic E-state index is 10.1. The molecule has 1 rings (SSSR count). The predicted molar refractivity (Wildman–Crippen MR) is 63.1 cm³/mol. The molecule has 0 bridgehead atoms. The monoisotopic (exact) mass is 235 g/mol. The second kappa shape index (κ2) is 13.8. The van der Waals surface area contributed by atoms with Crippen LogP contribution in [-0.4, -0.2) is 28.3 Å². The summed E-state index contributed by atoms with van der Waals surface area (Å²) in [6.07, 6.45) is 4.63. The third-order valence-electron chi connectivity index (χ3n) is 1.23. The molecule has 0 radical (unpaired) electrons. The third-order valence-corrected chi connectivity index (χ3v) is 1.23. The van der Waals surface area contributed by atoms with Crippen LogP contribution in [0.3, 0.4) is 0 Å². The Kier molecular flexibility index (Phi) is 14.0. The molecular formula is C11H14BNO4. The van der Waals surface area contributed by atoms with Crippen LogP contribution in [0.1, 0.15) is 19.4 Å². The number of rotatable bonds is 2. The molecule has 0 spiro atoms. The summed E-state index contributed by atoms with van der Waals surface area (Å²) in [5.74, 6) is 0.922. The Morgan fingerprint density at radius 2 is 1.94 bits per heavy atom. The number of carboxylic acids is 1. The fourth-order valence-corrected chi connectivity index (χ4v) is 0.702. The van der Waals surface area contributed by atoms with E-state index >= 15 is 0 Å².